The lowest BCUT2D eigenvalue weighted by Gasteiger charge is -2.25. The van der Waals surface area contributed by atoms with Gasteiger partial charge in [0.25, 0.3) is 5.91 Å². The summed E-state index contributed by atoms with van der Waals surface area (Å²) in [5.41, 5.74) is -4.00. The van der Waals surface area contributed by atoms with Crippen LogP contribution in [0.25, 0.3) is 0 Å². The van der Waals surface area contributed by atoms with Crippen molar-refractivity contribution >= 4 is 39.2 Å². The summed E-state index contributed by atoms with van der Waals surface area (Å²) in [7, 11) is -2.93. The number of anilines is 1. The van der Waals surface area contributed by atoms with Crippen LogP contribution in [0.5, 0.6) is 0 Å². The zero-order valence-electron chi connectivity index (χ0n) is 14.1. The van der Waals surface area contributed by atoms with Crippen LogP contribution < -0.4 is 10.0 Å². The van der Waals surface area contributed by atoms with Crippen LogP contribution in [0.1, 0.15) is 13.3 Å². The number of alkyl halides is 3. The molecule has 0 aliphatic carbocycles. The van der Waals surface area contributed by atoms with Gasteiger partial charge < -0.3 is 15.2 Å². The monoisotopic (exact) mass is 432 g/mol. The Labute approximate surface area is 157 Å². The summed E-state index contributed by atoms with van der Waals surface area (Å²) in [4.78, 5) is 22.3. The van der Waals surface area contributed by atoms with Gasteiger partial charge in [0.15, 0.2) is 0 Å². The van der Waals surface area contributed by atoms with Crippen molar-refractivity contribution in [2.75, 3.05) is 19.0 Å². The fraction of sp³-hybridized carbons (Fsp3) is 0.429. The highest BCUT2D eigenvalue weighted by atomic mass is 35.5. The van der Waals surface area contributed by atoms with E-state index in [9.17, 15) is 36.3 Å². The molecule has 3 N–H and O–H groups in total. The topological polar surface area (TPSA) is 122 Å². The molecule has 0 bridgehead atoms. The summed E-state index contributed by atoms with van der Waals surface area (Å²) in [5, 5.41) is 10.7. The number of ether oxygens (including phenoxy) is 1. The lowest BCUT2D eigenvalue weighted by atomic mass is 10.1. The van der Waals surface area contributed by atoms with Crippen LogP contribution in [0.4, 0.5) is 18.9 Å². The van der Waals surface area contributed by atoms with Gasteiger partial charge in [-0.3, -0.25) is 9.59 Å². The van der Waals surface area contributed by atoms with Crippen LogP contribution in [-0.4, -0.2) is 50.8 Å². The van der Waals surface area contributed by atoms with E-state index < -0.39 is 33.7 Å². The quantitative estimate of drug-likeness (QED) is 0.560. The molecule has 0 radical (unpaired) electrons. The molecule has 152 valence electrons. The summed E-state index contributed by atoms with van der Waals surface area (Å²) < 4.78 is 68.6. The SMILES string of the molecule is COC(=O)CCNS(=O)(=O)c1ccc(NC(=O)C(C)(O)C(F)(F)F)c(Cl)c1. The van der Waals surface area contributed by atoms with Crippen molar-refractivity contribution in [1.29, 1.82) is 0 Å². The summed E-state index contributed by atoms with van der Waals surface area (Å²) in [6.07, 6.45) is -5.44. The Bertz CT molecular complexity index is 827. The number of esters is 1. The number of aliphatic hydroxyl groups is 1. The molecule has 0 fully saturated rings. The van der Waals surface area contributed by atoms with Crippen LogP contribution in [0, 0.1) is 0 Å². The van der Waals surface area contributed by atoms with Crippen LogP contribution in [0.15, 0.2) is 23.1 Å². The molecule has 13 heteroatoms. The standard InChI is InChI=1S/C14H16ClF3N2O6S/c1-13(23,14(16,17)18)12(22)20-10-4-3-8(7-9(10)15)27(24,25)19-6-5-11(21)26-2/h3-4,7,19,23H,5-6H2,1-2H3,(H,20,22). The van der Waals surface area contributed by atoms with Gasteiger partial charge >= 0.3 is 12.1 Å². The maximum atomic E-state index is 12.6. The lowest BCUT2D eigenvalue weighted by Crippen LogP contribution is -2.52. The molecule has 1 rings (SSSR count). The van der Waals surface area contributed by atoms with E-state index in [1.54, 1.807) is 5.32 Å². The molecule has 1 unspecified atom stereocenters. The van der Waals surface area contributed by atoms with Gasteiger partial charge in [0, 0.05) is 6.54 Å². The average molecular weight is 433 g/mol. The van der Waals surface area contributed by atoms with E-state index in [0.717, 1.165) is 25.3 Å². The van der Waals surface area contributed by atoms with Gasteiger partial charge in [0.2, 0.25) is 15.6 Å². The third-order valence-electron chi connectivity index (χ3n) is 3.34. The summed E-state index contributed by atoms with van der Waals surface area (Å²) in [6, 6.07) is 2.83. The number of carbonyl (C=O) groups is 2. The predicted molar refractivity (Wildman–Crippen MR) is 88.6 cm³/mol. The highest BCUT2D eigenvalue weighted by molar-refractivity contribution is 7.89. The molecule has 1 aromatic rings. The average Bonchev–Trinajstić information content (AvgIpc) is 2.54. The summed E-state index contributed by atoms with van der Waals surface area (Å²) in [6.45, 7) is 0.0137. The maximum Gasteiger partial charge on any atom is 0.426 e. The van der Waals surface area contributed by atoms with E-state index in [1.807, 2.05) is 0 Å². The first-order valence-corrected chi connectivity index (χ1v) is 9.05. The molecule has 0 saturated carbocycles. The molecule has 0 spiro atoms. The molecule has 1 amide bonds. The number of halogens is 4. The molecular weight excluding hydrogens is 417 g/mol. The summed E-state index contributed by atoms with van der Waals surface area (Å²) >= 11 is 5.81. The number of rotatable bonds is 7. The first kappa shape index (κ1) is 23.1. The van der Waals surface area contributed by atoms with Crippen molar-refractivity contribution in [2.45, 2.75) is 30.0 Å². The number of hydrogen-bond donors (Lipinski definition) is 3. The van der Waals surface area contributed by atoms with E-state index in [-0.39, 0.29) is 35.5 Å². The Morgan fingerprint density at radius 1 is 1.30 bits per heavy atom. The Kier molecular flexibility index (Phi) is 7.22. The molecule has 27 heavy (non-hydrogen) atoms. The molecule has 0 heterocycles. The normalized spacial score (nSPS) is 14.3. The molecule has 0 aliphatic rings. The maximum absolute atomic E-state index is 12.6. The highest BCUT2D eigenvalue weighted by Crippen LogP contribution is 2.32. The number of benzene rings is 1. The van der Waals surface area contributed by atoms with E-state index in [2.05, 4.69) is 9.46 Å². The second kappa shape index (κ2) is 8.42. The highest BCUT2D eigenvalue weighted by Gasteiger charge is 2.55. The van der Waals surface area contributed by atoms with E-state index in [4.69, 9.17) is 11.6 Å². The zero-order chi connectivity index (χ0) is 21.0. The van der Waals surface area contributed by atoms with E-state index >= 15 is 0 Å². The largest absolute Gasteiger partial charge is 0.469 e. The minimum absolute atomic E-state index is 0.218. The van der Waals surface area contributed by atoms with Gasteiger partial charge in [-0.15, -0.1) is 0 Å². The van der Waals surface area contributed by atoms with Gasteiger partial charge in [-0.2, -0.15) is 13.2 Å². The van der Waals surface area contributed by atoms with Crippen LogP contribution in [0.2, 0.25) is 5.02 Å². The smallest absolute Gasteiger partial charge is 0.426 e. The lowest BCUT2D eigenvalue weighted by molar-refractivity contribution is -0.242. The van der Waals surface area contributed by atoms with Crippen molar-refractivity contribution in [2.24, 2.45) is 0 Å². The van der Waals surface area contributed by atoms with Gasteiger partial charge in [0.1, 0.15) is 0 Å². The Hall–Kier alpha value is -1.89. The van der Waals surface area contributed by atoms with E-state index in [0.29, 0.717) is 0 Å². The second-order valence-electron chi connectivity index (χ2n) is 5.39. The zero-order valence-corrected chi connectivity index (χ0v) is 15.6. The van der Waals surface area contributed by atoms with E-state index in [1.165, 1.54) is 0 Å². The van der Waals surface area contributed by atoms with Gasteiger partial charge in [-0.1, -0.05) is 11.6 Å². The van der Waals surface area contributed by atoms with Crippen molar-refractivity contribution in [3.8, 4) is 0 Å². The van der Waals surface area contributed by atoms with Crippen molar-refractivity contribution < 1.29 is 41.0 Å². The molecule has 1 atom stereocenters. The fourth-order valence-corrected chi connectivity index (χ4v) is 2.96. The van der Waals surface area contributed by atoms with Crippen LogP contribution in [-0.2, 0) is 24.3 Å². The van der Waals surface area contributed by atoms with Gasteiger partial charge in [0.05, 0.1) is 29.1 Å². The van der Waals surface area contributed by atoms with Crippen LogP contribution >= 0.6 is 11.6 Å². The fourth-order valence-electron chi connectivity index (χ4n) is 1.61. The number of nitrogens with one attached hydrogen (secondary N) is 2. The Balaban J connectivity index is 2.94. The molecular formula is C14H16ClF3N2O6S. The minimum Gasteiger partial charge on any atom is -0.469 e. The molecule has 0 aromatic heterocycles. The first-order valence-electron chi connectivity index (χ1n) is 7.19. The molecule has 8 nitrogen and oxygen atoms in total. The minimum atomic E-state index is -5.23. The number of amides is 1. The number of methoxy groups -OCH3 is 1. The third kappa shape index (κ3) is 5.79. The third-order valence-corrected chi connectivity index (χ3v) is 5.11. The number of sulfonamides is 1. The number of hydrogen-bond acceptors (Lipinski definition) is 6. The van der Waals surface area contributed by atoms with Gasteiger partial charge in [-0.05, 0) is 25.1 Å². The Morgan fingerprint density at radius 3 is 2.37 bits per heavy atom. The van der Waals surface area contributed by atoms with Crippen LogP contribution in [0.3, 0.4) is 0 Å². The number of carbonyl (C=O) groups excluding carboxylic acids is 2. The van der Waals surface area contributed by atoms with Crippen molar-refractivity contribution in [3.63, 3.8) is 0 Å². The molecule has 1 aromatic carbocycles. The molecule has 0 saturated heterocycles. The van der Waals surface area contributed by atoms with Crippen molar-refractivity contribution in [1.82, 2.24) is 4.72 Å². The molecule has 0 aliphatic heterocycles. The summed E-state index contributed by atoms with van der Waals surface area (Å²) in [5.74, 6) is -2.42. The second-order valence-corrected chi connectivity index (χ2v) is 7.56. The first-order chi connectivity index (χ1) is 12.2. The Morgan fingerprint density at radius 2 is 1.89 bits per heavy atom. The predicted octanol–water partition coefficient (Wildman–Crippen LogP) is 1.43. The van der Waals surface area contributed by atoms with Crippen molar-refractivity contribution in [3.05, 3.63) is 23.2 Å². The van der Waals surface area contributed by atoms with Gasteiger partial charge in [-0.25, -0.2) is 13.1 Å².